The van der Waals surface area contributed by atoms with Gasteiger partial charge in [-0.2, -0.15) is 0 Å². The van der Waals surface area contributed by atoms with E-state index in [4.69, 9.17) is 0 Å². The maximum atomic E-state index is 14.1. The van der Waals surface area contributed by atoms with E-state index in [1.165, 1.54) is 0 Å². The van der Waals surface area contributed by atoms with Crippen molar-refractivity contribution in [2.75, 3.05) is 6.54 Å². The smallest absolute Gasteiger partial charge is 0.164 e. The molecular weight excluding hydrogens is 326 g/mol. The van der Waals surface area contributed by atoms with Crippen LogP contribution in [0.1, 0.15) is 29.8 Å². The highest BCUT2D eigenvalue weighted by atomic mass is 79.9. The van der Waals surface area contributed by atoms with Crippen LogP contribution in [0.25, 0.3) is 0 Å². The highest BCUT2D eigenvalue weighted by Gasteiger charge is 2.21. The van der Waals surface area contributed by atoms with E-state index in [1.54, 1.807) is 31.3 Å². The van der Waals surface area contributed by atoms with Crippen molar-refractivity contribution in [2.24, 2.45) is 0 Å². The minimum absolute atomic E-state index is 0.268. The molecule has 1 N–H and O–H groups in total. The zero-order valence-electron chi connectivity index (χ0n) is 11.3. The summed E-state index contributed by atoms with van der Waals surface area (Å²) in [4.78, 5) is 4.27. The highest BCUT2D eigenvalue weighted by molar-refractivity contribution is 9.10. The molecule has 1 heterocycles. The number of aryl methyl sites for hydroxylation is 1. The standard InChI is InChI=1S/C15H15BrF2N2/c1-3-19-15(12-7-5-10(16)8-20-12)11-6-4-9(2)13(17)14(11)18/h4-8,15,19H,3H2,1-2H3. The van der Waals surface area contributed by atoms with Gasteiger partial charge in [0.05, 0.1) is 11.7 Å². The van der Waals surface area contributed by atoms with Crippen LogP contribution in [-0.2, 0) is 0 Å². The maximum absolute atomic E-state index is 14.1. The van der Waals surface area contributed by atoms with Gasteiger partial charge >= 0.3 is 0 Å². The van der Waals surface area contributed by atoms with Crippen molar-refractivity contribution in [3.8, 4) is 0 Å². The van der Waals surface area contributed by atoms with Gasteiger partial charge in [-0.1, -0.05) is 19.1 Å². The first-order valence-corrected chi connectivity index (χ1v) is 7.13. The summed E-state index contributed by atoms with van der Waals surface area (Å²) in [6.07, 6.45) is 1.64. The molecule has 0 saturated heterocycles. The minimum atomic E-state index is -0.819. The fraction of sp³-hybridized carbons (Fsp3) is 0.267. The van der Waals surface area contributed by atoms with Crippen molar-refractivity contribution in [3.63, 3.8) is 0 Å². The summed E-state index contributed by atoms with van der Waals surface area (Å²) in [5, 5.41) is 3.14. The topological polar surface area (TPSA) is 24.9 Å². The molecule has 2 aromatic rings. The first kappa shape index (κ1) is 15.1. The summed E-state index contributed by atoms with van der Waals surface area (Å²) in [7, 11) is 0. The third-order valence-electron chi connectivity index (χ3n) is 3.07. The van der Waals surface area contributed by atoms with E-state index in [-0.39, 0.29) is 5.56 Å². The van der Waals surface area contributed by atoms with Crippen LogP contribution in [0.15, 0.2) is 34.9 Å². The predicted octanol–water partition coefficient (Wildman–Crippen LogP) is 4.13. The van der Waals surface area contributed by atoms with Crippen LogP contribution in [0, 0.1) is 18.6 Å². The summed E-state index contributed by atoms with van der Waals surface area (Å²) in [5.74, 6) is -1.62. The molecule has 1 aromatic carbocycles. The molecular formula is C15H15BrF2N2. The third-order valence-corrected chi connectivity index (χ3v) is 3.54. The lowest BCUT2D eigenvalue weighted by molar-refractivity contribution is 0.476. The molecule has 0 bridgehead atoms. The zero-order chi connectivity index (χ0) is 14.7. The first-order valence-electron chi connectivity index (χ1n) is 6.34. The summed E-state index contributed by atoms with van der Waals surface area (Å²) in [5.41, 5.74) is 1.22. The van der Waals surface area contributed by atoms with E-state index in [2.05, 4.69) is 26.2 Å². The Morgan fingerprint density at radius 2 is 1.95 bits per heavy atom. The molecule has 0 aliphatic heterocycles. The van der Waals surface area contributed by atoms with Gasteiger partial charge in [-0.15, -0.1) is 0 Å². The molecule has 1 aromatic heterocycles. The van der Waals surface area contributed by atoms with E-state index >= 15 is 0 Å². The van der Waals surface area contributed by atoms with Crippen LogP contribution in [0.2, 0.25) is 0 Å². The van der Waals surface area contributed by atoms with Crippen molar-refractivity contribution in [2.45, 2.75) is 19.9 Å². The Morgan fingerprint density at radius 1 is 1.20 bits per heavy atom. The van der Waals surface area contributed by atoms with Crippen molar-refractivity contribution in [1.29, 1.82) is 0 Å². The zero-order valence-corrected chi connectivity index (χ0v) is 12.8. The number of nitrogens with zero attached hydrogens (tertiary/aromatic N) is 1. The Balaban J connectivity index is 2.48. The van der Waals surface area contributed by atoms with Gasteiger partial charge in [-0.05, 0) is 47.1 Å². The van der Waals surface area contributed by atoms with Gasteiger partial charge in [-0.25, -0.2) is 8.78 Å². The molecule has 5 heteroatoms. The van der Waals surface area contributed by atoms with Crippen LogP contribution in [-0.4, -0.2) is 11.5 Å². The lowest BCUT2D eigenvalue weighted by atomic mass is 10.0. The molecule has 0 aliphatic rings. The number of pyridine rings is 1. The Morgan fingerprint density at radius 3 is 2.55 bits per heavy atom. The molecule has 0 radical (unpaired) electrons. The number of rotatable bonds is 4. The fourth-order valence-corrected chi connectivity index (χ4v) is 2.25. The van der Waals surface area contributed by atoms with Crippen LogP contribution in [0.5, 0.6) is 0 Å². The number of hydrogen-bond acceptors (Lipinski definition) is 2. The van der Waals surface area contributed by atoms with E-state index < -0.39 is 17.7 Å². The van der Waals surface area contributed by atoms with Crippen LogP contribution in [0.3, 0.4) is 0 Å². The number of hydrogen-bond donors (Lipinski definition) is 1. The summed E-state index contributed by atoms with van der Waals surface area (Å²) in [6.45, 7) is 4.08. The molecule has 0 amide bonds. The summed E-state index contributed by atoms with van der Waals surface area (Å²) >= 11 is 3.31. The summed E-state index contributed by atoms with van der Waals surface area (Å²) < 4.78 is 28.7. The van der Waals surface area contributed by atoms with E-state index in [1.807, 2.05) is 13.0 Å². The minimum Gasteiger partial charge on any atom is -0.305 e. The second-order valence-corrected chi connectivity index (χ2v) is 5.41. The Kier molecular flexibility index (Phi) is 4.83. The lowest BCUT2D eigenvalue weighted by Crippen LogP contribution is -2.24. The molecule has 2 rings (SSSR count). The monoisotopic (exact) mass is 340 g/mol. The largest absolute Gasteiger partial charge is 0.305 e. The third kappa shape index (κ3) is 3.04. The van der Waals surface area contributed by atoms with Gasteiger partial charge in [0, 0.05) is 16.2 Å². The lowest BCUT2D eigenvalue weighted by Gasteiger charge is -2.19. The number of benzene rings is 1. The highest BCUT2D eigenvalue weighted by Crippen LogP contribution is 2.26. The Labute approximate surface area is 125 Å². The molecule has 1 unspecified atom stereocenters. The SMILES string of the molecule is CCNC(c1ccc(Br)cn1)c1ccc(C)c(F)c1F. The van der Waals surface area contributed by atoms with Crippen molar-refractivity contribution < 1.29 is 8.78 Å². The molecule has 106 valence electrons. The van der Waals surface area contributed by atoms with Crippen molar-refractivity contribution in [1.82, 2.24) is 10.3 Å². The van der Waals surface area contributed by atoms with Crippen LogP contribution < -0.4 is 5.32 Å². The Hall–Kier alpha value is -1.33. The van der Waals surface area contributed by atoms with Gasteiger partial charge in [0.15, 0.2) is 11.6 Å². The van der Waals surface area contributed by atoms with Gasteiger partial charge in [0.25, 0.3) is 0 Å². The molecule has 1 atom stereocenters. The maximum Gasteiger partial charge on any atom is 0.164 e. The second-order valence-electron chi connectivity index (χ2n) is 4.49. The summed E-state index contributed by atoms with van der Waals surface area (Å²) in [6, 6.07) is 6.33. The van der Waals surface area contributed by atoms with Crippen molar-refractivity contribution in [3.05, 3.63) is 63.4 Å². The molecule has 2 nitrogen and oxygen atoms in total. The van der Waals surface area contributed by atoms with Crippen molar-refractivity contribution >= 4 is 15.9 Å². The second kappa shape index (κ2) is 6.41. The van der Waals surface area contributed by atoms with Gasteiger partial charge in [0.1, 0.15) is 0 Å². The molecule has 0 fully saturated rings. The average Bonchev–Trinajstić information content (AvgIpc) is 2.44. The van der Waals surface area contributed by atoms with E-state index in [0.717, 1.165) is 4.47 Å². The molecule has 0 spiro atoms. The Bertz CT molecular complexity index is 600. The number of halogens is 3. The molecule has 0 saturated carbocycles. The van der Waals surface area contributed by atoms with Crippen LogP contribution >= 0.6 is 15.9 Å². The quantitative estimate of drug-likeness (QED) is 0.905. The number of nitrogens with one attached hydrogen (secondary N) is 1. The van der Waals surface area contributed by atoms with Gasteiger partial charge in [-0.3, -0.25) is 4.98 Å². The van der Waals surface area contributed by atoms with Gasteiger partial charge in [0.2, 0.25) is 0 Å². The molecule has 20 heavy (non-hydrogen) atoms. The van der Waals surface area contributed by atoms with Gasteiger partial charge < -0.3 is 5.32 Å². The molecule has 0 aliphatic carbocycles. The number of aromatic nitrogens is 1. The average molecular weight is 341 g/mol. The van der Waals surface area contributed by atoms with E-state index in [0.29, 0.717) is 17.8 Å². The van der Waals surface area contributed by atoms with E-state index in [9.17, 15) is 8.78 Å². The predicted molar refractivity (Wildman–Crippen MR) is 78.6 cm³/mol. The first-order chi connectivity index (χ1) is 9.54. The normalized spacial score (nSPS) is 12.4. The van der Waals surface area contributed by atoms with Crippen LogP contribution in [0.4, 0.5) is 8.78 Å². The fourth-order valence-electron chi connectivity index (χ4n) is 2.02.